The third-order valence-electron chi connectivity index (χ3n) is 6.73. The zero-order chi connectivity index (χ0) is 25.5. The van der Waals surface area contributed by atoms with Crippen molar-refractivity contribution < 1.29 is 23.7 Å². The molecule has 1 aliphatic heterocycles. The van der Waals surface area contributed by atoms with Gasteiger partial charge in [0.05, 0.1) is 41.7 Å². The number of rotatable bonds is 10. The van der Waals surface area contributed by atoms with Crippen LogP contribution in [0.4, 0.5) is 0 Å². The van der Waals surface area contributed by atoms with E-state index in [-0.39, 0.29) is 6.17 Å². The highest BCUT2D eigenvalue weighted by Crippen LogP contribution is 2.39. The van der Waals surface area contributed by atoms with Crippen molar-refractivity contribution in [2.75, 3.05) is 48.6 Å². The molecule has 1 saturated heterocycles. The molecule has 3 aromatic rings. The lowest BCUT2D eigenvalue weighted by atomic mass is 10.0. The molecule has 0 aliphatic carbocycles. The van der Waals surface area contributed by atoms with Crippen molar-refractivity contribution in [3.63, 3.8) is 0 Å². The molecule has 0 unspecified atom stereocenters. The van der Waals surface area contributed by atoms with Crippen LogP contribution in [0.3, 0.4) is 0 Å². The predicted molar refractivity (Wildman–Crippen MR) is 140 cm³/mol. The van der Waals surface area contributed by atoms with Gasteiger partial charge in [0.15, 0.2) is 0 Å². The lowest BCUT2D eigenvalue weighted by Gasteiger charge is -2.45. The molecule has 0 radical (unpaired) electrons. The zero-order valence-electron chi connectivity index (χ0n) is 21.8. The molecule has 0 bridgehead atoms. The first-order valence-corrected chi connectivity index (χ1v) is 12.1. The van der Waals surface area contributed by atoms with Crippen LogP contribution in [0.1, 0.15) is 29.3 Å². The molecule has 0 N–H and O–H groups in total. The van der Waals surface area contributed by atoms with Crippen LogP contribution in [0.15, 0.2) is 60.7 Å². The molecule has 0 aromatic heterocycles. The monoisotopic (exact) mass is 492 g/mol. The van der Waals surface area contributed by atoms with Crippen molar-refractivity contribution >= 4 is 0 Å². The van der Waals surface area contributed by atoms with E-state index in [2.05, 4.69) is 34.1 Å². The van der Waals surface area contributed by atoms with E-state index >= 15 is 0 Å². The molecule has 1 fully saturated rings. The lowest BCUT2D eigenvalue weighted by molar-refractivity contribution is -0.0110. The maximum atomic E-state index is 5.81. The topological polar surface area (TPSA) is 52.6 Å². The summed E-state index contributed by atoms with van der Waals surface area (Å²) in [5, 5.41) is 0. The van der Waals surface area contributed by atoms with Gasteiger partial charge in [-0.05, 0) is 24.6 Å². The second kappa shape index (κ2) is 12.0. The first-order valence-electron chi connectivity index (χ1n) is 12.1. The van der Waals surface area contributed by atoms with Crippen molar-refractivity contribution in [1.82, 2.24) is 9.80 Å². The summed E-state index contributed by atoms with van der Waals surface area (Å²) < 4.78 is 28.1. The molecule has 0 amide bonds. The summed E-state index contributed by atoms with van der Waals surface area (Å²) in [6.07, 6.45) is 1.05. The maximum absolute atomic E-state index is 5.81. The highest BCUT2D eigenvalue weighted by Gasteiger charge is 2.33. The largest absolute Gasteiger partial charge is 0.497 e. The summed E-state index contributed by atoms with van der Waals surface area (Å²) in [7, 11) is 8.47. The Hall–Kier alpha value is -3.42. The number of benzene rings is 3. The average molecular weight is 493 g/mol. The van der Waals surface area contributed by atoms with Gasteiger partial charge in [-0.25, -0.2) is 0 Å². The summed E-state index contributed by atoms with van der Waals surface area (Å²) in [5.74, 6) is 4.08. The number of ether oxygens (including phenoxy) is 5. The Balaban J connectivity index is 1.71. The fourth-order valence-electron chi connectivity index (χ4n) is 4.96. The second-order valence-electron chi connectivity index (χ2n) is 8.77. The molecular weight excluding hydrogens is 456 g/mol. The zero-order valence-corrected chi connectivity index (χ0v) is 21.8. The Morgan fingerprint density at radius 2 is 1.11 bits per heavy atom. The molecule has 7 nitrogen and oxygen atoms in total. The van der Waals surface area contributed by atoms with Crippen LogP contribution in [0.25, 0.3) is 0 Å². The first kappa shape index (κ1) is 25.7. The van der Waals surface area contributed by atoms with Crippen LogP contribution < -0.4 is 23.7 Å². The van der Waals surface area contributed by atoms with E-state index in [4.69, 9.17) is 23.7 Å². The van der Waals surface area contributed by atoms with Crippen LogP contribution in [-0.4, -0.2) is 58.4 Å². The van der Waals surface area contributed by atoms with Crippen molar-refractivity contribution in [3.05, 3.63) is 77.4 Å². The molecule has 4 rings (SSSR count). The quantitative estimate of drug-likeness (QED) is 0.389. The van der Waals surface area contributed by atoms with Gasteiger partial charge in [-0.15, -0.1) is 0 Å². The van der Waals surface area contributed by atoms with Gasteiger partial charge < -0.3 is 23.7 Å². The smallest absolute Gasteiger partial charge is 0.127 e. The SMILES string of the molecule is COc1ccc(CN2CCCN(Cc3ccc(OC)cc3OC)C2c2ccccc2OC)c(OC)c1. The molecule has 3 aromatic carbocycles. The third-order valence-corrected chi connectivity index (χ3v) is 6.73. The summed E-state index contributed by atoms with van der Waals surface area (Å²) >= 11 is 0. The highest BCUT2D eigenvalue weighted by atomic mass is 16.5. The van der Waals surface area contributed by atoms with E-state index in [1.54, 1.807) is 35.5 Å². The van der Waals surface area contributed by atoms with Gasteiger partial charge in [0, 0.05) is 55.0 Å². The summed E-state index contributed by atoms with van der Waals surface area (Å²) in [6, 6.07) is 20.3. The van der Waals surface area contributed by atoms with Gasteiger partial charge in [-0.1, -0.05) is 30.3 Å². The van der Waals surface area contributed by atoms with Crippen LogP contribution in [0, 0.1) is 0 Å². The predicted octanol–water partition coefficient (Wildman–Crippen LogP) is 5.14. The van der Waals surface area contributed by atoms with Crippen molar-refractivity contribution in [2.24, 2.45) is 0 Å². The number of nitrogens with zero attached hydrogens (tertiary/aromatic N) is 2. The third kappa shape index (κ3) is 5.53. The molecule has 7 heteroatoms. The minimum Gasteiger partial charge on any atom is -0.497 e. The van der Waals surface area contributed by atoms with E-state index in [1.807, 2.05) is 36.4 Å². The van der Waals surface area contributed by atoms with E-state index in [1.165, 1.54) is 0 Å². The summed E-state index contributed by atoms with van der Waals surface area (Å²) in [6.45, 7) is 3.36. The molecular formula is C29H36N2O5. The highest BCUT2D eigenvalue weighted by molar-refractivity contribution is 5.43. The van der Waals surface area contributed by atoms with Crippen molar-refractivity contribution in [1.29, 1.82) is 0 Å². The maximum Gasteiger partial charge on any atom is 0.127 e. The molecule has 192 valence electrons. The van der Waals surface area contributed by atoms with E-state index in [0.717, 1.165) is 78.0 Å². The minimum atomic E-state index is 0.00788. The Morgan fingerprint density at radius 1 is 0.611 bits per heavy atom. The van der Waals surface area contributed by atoms with Gasteiger partial charge in [-0.2, -0.15) is 0 Å². The van der Waals surface area contributed by atoms with Crippen LogP contribution in [0.2, 0.25) is 0 Å². The molecule has 0 atom stereocenters. The Morgan fingerprint density at radius 3 is 1.58 bits per heavy atom. The summed E-state index contributed by atoms with van der Waals surface area (Å²) in [4.78, 5) is 4.98. The van der Waals surface area contributed by atoms with E-state index < -0.39 is 0 Å². The van der Waals surface area contributed by atoms with Crippen molar-refractivity contribution in [2.45, 2.75) is 25.7 Å². The van der Waals surface area contributed by atoms with Gasteiger partial charge in [0.2, 0.25) is 0 Å². The van der Waals surface area contributed by atoms with E-state index in [9.17, 15) is 0 Å². The first-order chi connectivity index (χ1) is 17.6. The molecule has 0 saturated carbocycles. The molecule has 36 heavy (non-hydrogen) atoms. The van der Waals surface area contributed by atoms with E-state index in [0.29, 0.717) is 0 Å². The second-order valence-corrected chi connectivity index (χ2v) is 8.77. The van der Waals surface area contributed by atoms with Crippen LogP contribution >= 0.6 is 0 Å². The lowest BCUT2D eigenvalue weighted by Crippen LogP contribution is -2.47. The standard InChI is InChI=1S/C29H36N2O5/c1-32-23-13-11-21(27(17-23)35-4)19-30-15-8-16-31(29(30)25-9-6-7-10-26(25)34-3)20-22-12-14-24(33-2)18-28(22)36-5/h6-7,9-14,17-18,29H,8,15-16,19-20H2,1-5H3. The number of hydrogen-bond donors (Lipinski definition) is 0. The van der Waals surface area contributed by atoms with Gasteiger partial charge >= 0.3 is 0 Å². The van der Waals surface area contributed by atoms with Crippen LogP contribution in [0.5, 0.6) is 28.7 Å². The number of hydrogen-bond acceptors (Lipinski definition) is 7. The molecule has 0 spiro atoms. The fourth-order valence-corrected chi connectivity index (χ4v) is 4.96. The Bertz CT molecular complexity index is 1090. The van der Waals surface area contributed by atoms with Gasteiger partial charge in [-0.3, -0.25) is 9.80 Å². The minimum absolute atomic E-state index is 0.00788. The average Bonchev–Trinajstić information content (AvgIpc) is 2.93. The summed E-state index contributed by atoms with van der Waals surface area (Å²) in [5.41, 5.74) is 3.36. The van der Waals surface area contributed by atoms with Crippen molar-refractivity contribution in [3.8, 4) is 28.7 Å². The Kier molecular flexibility index (Phi) is 8.57. The van der Waals surface area contributed by atoms with Gasteiger partial charge in [0.25, 0.3) is 0 Å². The van der Waals surface area contributed by atoms with Gasteiger partial charge in [0.1, 0.15) is 28.7 Å². The molecule has 1 aliphatic rings. The molecule has 1 heterocycles. The Labute approximate surface area is 214 Å². The number of para-hydroxylation sites is 1. The number of methoxy groups -OCH3 is 5. The fraction of sp³-hybridized carbons (Fsp3) is 0.379. The van der Waals surface area contributed by atoms with Crippen LogP contribution in [-0.2, 0) is 13.1 Å². The normalized spacial score (nSPS) is 14.9.